The van der Waals surface area contributed by atoms with Crippen LogP contribution in [0.4, 0.5) is 4.39 Å². The number of halogens is 1. The number of nitrogens with zero attached hydrogens (tertiary/aromatic N) is 1. The van der Waals surface area contributed by atoms with Gasteiger partial charge in [-0.3, -0.25) is 4.90 Å². The van der Waals surface area contributed by atoms with Gasteiger partial charge in [0.05, 0.1) is 0 Å². The summed E-state index contributed by atoms with van der Waals surface area (Å²) in [6.45, 7) is 7.20. The predicted molar refractivity (Wildman–Crippen MR) is 70.2 cm³/mol. The molecule has 1 rings (SSSR count). The first kappa shape index (κ1) is 14.1. The molecule has 1 aromatic carbocycles. The molecule has 0 aromatic heterocycles. The minimum absolute atomic E-state index is 0.134. The number of hydrogen-bond donors (Lipinski definition) is 1. The van der Waals surface area contributed by atoms with Crippen LogP contribution in [0.15, 0.2) is 18.2 Å². The Morgan fingerprint density at radius 1 is 1.24 bits per heavy atom. The Bertz CT molecular complexity index is 339. The fraction of sp³-hybridized carbons (Fsp3) is 0.571. The van der Waals surface area contributed by atoms with Gasteiger partial charge in [-0.05, 0) is 19.5 Å². The van der Waals surface area contributed by atoms with Crippen molar-refractivity contribution in [2.75, 3.05) is 13.1 Å². The van der Waals surface area contributed by atoms with Crippen molar-refractivity contribution < 1.29 is 4.39 Å². The van der Waals surface area contributed by atoms with E-state index in [0.717, 1.165) is 25.1 Å². The van der Waals surface area contributed by atoms with Crippen LogP contribution in [0, 0.1) is 5.82 Å². The van der Waals surface area contributed by atoms with Gasteiger partial charge in [0, 0.05) is 24.2 Å². The third-order valence-corrected chi connectivity index (χ3v) is 3.05. The maximum absolute atomic E-state index is 14.0. The van der Waals surface area contributed by atoms with E-state index >= 15 is 0 Å². The molecule has 0 unspecified atom stereocenters. The lowest BCUT2D eigenvalue weighted by Gasteiger charge is -2.20. The SMILES string of the molecule is CCCCN(CC)Cc1cccc(CN)c1F. The molecule has 2 N–H and O–H groups in total. The molecule has 0 bridgehead atoms. The average molecular weight is 238 g/mol. The first-order valence-electron chi connectivity index (χ1n) is 6.41. The van der Waals surface area contributed by atoms with Crippen molar-refractivity contribution in [3.63, 3.8) is 0 Å². The van der Waals surface area contributed by atoms with Gasteiger partial charge in [0.1, 0.15) is 5.82 Å². The summed E-state index contributed by atoms with van der Waals surface area (Å²) in [5, 5.41) is 0. The zero-order valence-corrected chi connectivity index (χ0v) is 10.9. The van der Waals surface area contributed by atoms with E-state index in [-0.39, 0.29) is 12.4 Å². The molecule has 17 heavy (non-hydrogen) atoms. The maximum Gasteiger partial charge on any atom is 0.132 e. The van der Waals surface area contributed by atoms with Crippen molar-refractivity contribution in [1.82, 2.24) is 4.90 Å². The Kier molecular flexibility index (Phi) is 6.16. The van der Waals surface area contributed by atoms with E-state index in [0.29, 0.717) is 12.1 Å². The van der Waals surface area contributed by atoms with Crippen LogP contribution in [0.5, 0.6) is 0 Å². The van der Waals surface area contributed by atoms with E-state index in [1.54, 1.807) is 6.07 Å². The van der Waals surface area contributed by atoms with Crippen molar-refractivity contribution in [3.8, 4) is 0 Å². The highest BCUT2D eigenvalue weighted by Crippen LogP contribution is 2.15. The van der Waals surface area contributed by atoms with Crippen LogP contribution in [0.2, 0.25) is 0 Å². The summed E-state index contributed by atoms with van der Waals surface area (Å²) in [7, 11) is 0. The zero-order valence-electron chi connectivity index (χ0n) is 10.9. The molecule has 96 valence electrons. The number of unbranched alkanes of at least 4 members (excludes halogenated alkanes) is 1. The van der Waals surface area contributed by atoms with Crippen LogP contribution in [0.25, 0.3) is 0 Å². The lowest BCUT2D eigenvalue weighted by Crippen LogP contribution is -2.24. The molecule has 0 radical (unpaired) electrons. The van der Waals surface area contributed by atoms with Gasteiger partial charge in [-0.15, -0.1) is 0 Å². The van der Waals surface area contributed by atoms with Crippen LogP contribution in [0.1, 0.15) is 37.8 Å². The summed E-state index contributed by atoms with van der Waals surface area (Å²) in [4.78, 5) is 2.27. The largest absolute Gasteiger partial charge is 0.326 e. The van der Waals surface area contributed by atoms with Crippen LogP contribution in [-0.4, -0.2) is 18.0 Å². The Balaban J connectivity index is 2.72. The third kappa shape index (κ3) is 4.10. The van der Waals surface area contributed by atoms with Gasteiger partial charge in [-0.2, -0.15) is 0 Å². The molecule has 0 aliphatic heterocycles. The molecular formula is C14H23FN2. The molecule has 0 heterocycles. The summed E-state index contributed by atoms with van der Waals surface area (Å²) in [6, 6.07) is 5.48. The van der Waals surface area contributed by atoms with E-state index in [2.05, 4.69) is 18.7 Å². The number of benzene rings is 1. The summed E-state index contributed by atoms with van der Waals surface area (Å²) in [5.41, 5.74) is 6.87. The molecule has 3 heteroatoms. The number of rotatable bonds is 7. The molecular weight excluding hydrogens is 215 g/mol. The standard InChI is InChI=1S/C14H23FN2/c1-3-5-9-17(4-2)11-13-8-6-7-12(10-16)14(13)15/h6-8H,3-5,9-11,16H2,1-2H3. The van der Waals surface area contributed by atoms with Crippen LogP contribution in [-0.2, 0) is 13.1 Å². The summed E-state index contributed by atoms with van der Waals surface area (Å²) < 4.78 is 14.0. The molecule has 1 aromatic rings. The Labute approximate surface area is 104 Å². The van der Waals surface area contributed by atoms with Gasteiger partial charge in [0.2, 0.25) is 0 Å². The highest BCUT2D eigenvalue weighted by molar-refractivity contribution is 5.25. The second-order valence-electron chi connectivity index (χ2n) is 4.32. The zero-order chi connectivity index (χ0) is 12.7. The van der Waals surface area contributed by atoms with Crippen molar-refractivity contribution >= 4 is 0 Å². The number of nitrogens with two attached hydrogens (primary N) is 1. The van der Waals surface area contributed by atoms with Crippen molar-refractivity contribution in [2.24, 2.45) is 5.73 Å². The second-order valence-corrected chi connectivity index (χ2v) is 4.32. The summed E-state index contributed by atoms with van der Waals surface area (Å²) in [6.07, 6.45) is 2.33. The van der Waals surface area contributed by atoms with Gasteiger partial charge >= 0.3 is 0 Å². The van der Waals surface area contributed by atoms with Crippen LogP contribution < -0.4 is 5.73 Å². The monoisotopic (exact) mass is 238 g/mol. The van der Waals surface area contributed by atoms with Gasteiger partial charge in [0.15, 0.2) is 0 Å². The molecule has 0 aliphatic rings. The normalized spacial score (nSPS) is 11.1. The summed E-state index contributed by atoms with van der Waals surface area (Å²) in [5.74, 6) is -0.134. The minimum atomic E-state index is -0.134. The molecule has 0 spiro atoms. The van der Waals surface area contributed by atoms with Gasteiger partial charge in [-0.25, -0.2) is 4.39 Å². The first-order chi connectivity index (χ1) is 8.22. The quantitative estimate of drug-likeness (QED) is 0.791. The summed E-state index contributed by atoms with van der Waals surface area (Å²) >= 11 is 0. The Hall–Kier alpha value is -0.930. The average Bonchev–Trinajstić information content (AvgIpc) is 2.36. The van der Waals surface area contributed by atoms with Gasteiger partial charge in [0.25, 0.3) is 0 Å². The molecule has 0 atom stereocenters. The molecule has 0 saturated heterocycles. The fourth-order valence-electron chi connectivity index (χ4n) is 1.88. The van der Waals surface area contributed by atoms with Gasteiger partial charge < -0.3 is 5.73 Å². The molecule has 0 aliphatic carbocycles. The van der Waals surface area contributed by atoms with Crippen LogP contribution >= 0.6 is 0 Å². The smallest absolute Gasteiger partial charge is 0.132 e. The highest BCUT2D eigenvalue weighted by atomic mass is 19.1. The topological polar surface area (TPSA) is 29.3 Å². The van der Waals surface area contributed by atoms with E-state index < -0.39 is 0 Å². The van der Waals surface area contributed by atoms with Gasteiger partial charge in [-0.1, -0.05) is 38.5 Å². The van der Waals surface area contributed by atoms with Crippen molar-refractivity contribution in [3.05, 3.63) is 35.1 Å². The molecule has 2 nitrogen and oxygen atoms in total. The highest BCUT2D eigenvalue weighted by Gasteiger charge is 2.10. The Morgan fingerprint density at radius 3 is 2.53 bits per heavy atom. The van der Waals surface area contributed by atoms with E-state index in [1.807, 2.05) is 12.1 Å². The third-order valence-electron chi connectivity index (χ3n) is 3.05. The van der Waals surface area contributed by atoms with E-state index in [9.17, 15) is 4.39 Å². The number of hydrogen-bond acceptors (Lipinski definition) is 2. The fourth-order valence-corrected chi connectivity index (χ4v) is 1.88. The molecule has 0 amide bonds. The lowest BCUT2D eigenvalue weighted by atomic mass is 10.1. The first-order valence-corrected chi connectivity index (χ1v) is 6.41. The van der Waals surface area contributed by atoms with Crippen molar-refractivity contribution in [2.45, 2.75) is 39.8 Å². The maximum atomic E-state index is 14.0. The second kappa shape index (κ2) is 7.41. The van der Waals surface area contributed by atoms with Crippen LogP contribution in [0.3, 0.4) is 0 Å². The predicted octanol–water partition coefficient (Wildman–Crippen LogP) is 2.91. The molecule has 0 saturated carbocycles. The minimum Gasteiger partial charge on any atom is -0.326 e. The lowest BCUT2D eigenvalue weighted by molar-refractivity contribution is 0.271. The van der Waals surface area contributed by atoms with E-state index in [1.165, 1.54) is 6.42 Å². The van der Waals surface area contributed by atoms with Crippen molar-refractivity contribution in [1.29, 1.82) is 0 Å². The van der Waals surface area contributed by atoms with E-state index in [4.69, 9.17) is 5.73 Å². The molecule has 0 fully saturated rings. The Morgan fingerprint density at radius 2 is 1.94 bits per heavy atom.